The summed E-state index contributed by atoms with van der Waals surface area (Å²) in [6, 6.07) is 13.8. The van der Waals surface area contributed by atoms with E-state index in [1.165, 1.54) is 12.0 Å². The van der Waals surface area contributed by atoms with Crippen LogP contribution in [0, 0.1) is 23.2 Å². The fraction of sp³-hybridized carbons (Fsp3) is 0.588. The zero-order valence-electron chi connectivity index (χ0n) is 12.0. The van der Waals surface area contributed by atoms with Crippen LogP contribution in [0.4, 0.5) is 0 Å². The van der Waals surface area contributed by atoms with Gasteiger partial charge in [0.05, 0.1) is 12.0 Å². The van der Waals surface area contributed by atoms with Crippen molar-refractivity contribution in [1.82, 2.24) is 5.32 Å². The van der Waals surface area contributed by atoms with Gasteiger partial charge in [-0.05, 0) is 30.7 Å². The molecule has 2 nitrogen and oxygen atoms in total. The fourth-order valence-corrected chi connectivity index (χ4v) is 3.03. The van der Waals surface area contributed by atoms with E-state index in [1.54, 1.807) is 0 Å². The van der Waals surface area contributed by atoms with E-state index in [0.29, 0.717) is 18.0 Å². The topological polar surface area (TPSA) is 35.8 Å². The number of nitrogens with zero attached hydrogens (tertiary/aromatic N) is 1. The lowest BCUT2D eigenvalue weighted by atomic mass is 9.94. The minimum absolute atomic E-state index is 0.193. The molecule has 2 heteroatoms. The van der Waals surface area contributed by atoms with Crippen molar-refractivity contribution in [2.24, 2.45) is 11.8 Å². The van der Waals surface area contributed by atoms with E-state index in [9.17, 15) is 5.26 Å². The molecule has 2 rings (SSSR count). The average Bonchev–Trinajstić information content (AvgIpc) is 2.86. The predicted molar refractivity (Wildman–Crippen MR) is 78.5 cm³/mol. The maximum atomic E-state index is 9.21. The second-order valence-corrected chi connectivity index (χ2v) is 6.03. The molecule has 1 aromatic carbocycles. The van der Waals surface area contributed by atoms with Crippen molar-refractivity contribution in [2.45, 2.75) is 51.6 Å². The average molecular weight is 256 g/mol. The van der Waals surface area contributed by atoms with E-state index in [4.69, 9.17) is 0 Å². The van der Waals surface area contributed by atoms with E-state index in [2.05, 4.69) is 55.6 Å². The fourth-order valence-electron chi connectivity index (χ4n) is 3.03. The molecular formula is C17H24N2. The lowest BCUT2D eigenvalue weighted by Crippen LogP contribution is -2.35. The Morgan fingerprint density at radius 3 is 2.63 bits per heavy atom. The predicted octanol–water partition coefficient (Wildman–Crippen LogP) is 4.06. The van der Waals surface area contributed by atoms with Crippen molar-refractivity contribution in [1.29, 1.82) is 5.26 Å². The van der Waals surface area contributed by atoms with Gasteiger partial charge in [-0.1, -0.05) is 50.6 Å². The van der Waals surface area contributed by atoms with E-state index in [1.807, 2.05) is 0 Å². The molecule has 0 spiro atoms. The summed E-state index contributed by atoms with van der Waals surface area (Å²) in [6.45, 7) is 4.52. The number of nitriles is 1. The van der Waals surface area contributed by atoms with Gasteiger partial charge in [0.1, 0.15) is 0 Å². The highest BCUT2D eigenvalue weighted by atomic mass is 15.0. The molecule has 0 amide bonds. The Labute approximate surface area is 116 Å². The minimum Gasteiger partial charge on any atom is -0.306 e. The molecule has 1 N–H and O–H groups in total. The second-order valence-electron chi connectivity index (χ2n) is 6.03. The summed E-state index contributed by atoms with van der Waals surface area (Å²) in [5, 5.41) is 13.0. The number of rotatable bonds is 5. The Morgan fingerprint density at radius 2 is 2.00 bits per heavy atom. The summed E-state index contributed by atoms with van der Waals surface area (Å²) >= 11 is 0. The molecule has 0 aliphatic heterocycles. The van der Waals surface area contributed by atoms with Gasteiger partial charge in [0, 0.05) is 12.1 Å². The lowest BCUT2D eigenvalue weighted by molar-refractivity contribution is 0.356. The quantitative estimate of drug-likeness (QED) is 0.862. The third-order valence-corrected chi connectivity index (χ3v) is 4.01. The summed E-state index contributed by atoms with van der Waals surface area (Å²) in [5.74, 6) is 0.845. The third kappa shape index (κ3) is 3.81. The Morgan fingerprint density at radius 1 is 1.26 bits per heavy atom. The van der Waals surface area contributed by atoms with Crippen LogP contribution in [0.1, 0.15) is 51.1 Å². The highest BCUT2D eigenvalue weighted by Crippen LogP contribution is 2.29. The number of benzene rings is 1. The summed E-state index contributed by atoms with van der Waals surface area (Å²) in [7, 11) is 0. The Balaban J connectivity index is 2.08. The molecule has 1 saturated carbocycles. The van der Waals surface area contributed by atoms with Gasteiger partial charge in [-0.15, -0.1) is 0 Å². The van der Waals surface area contributed by atoms with Gasteiger partial charge in [-0.25, -0.2) is 0 Å². The van der Waals surface area contributed by atoms with Crippen molar-refractivity contribution < 1.29 is 0 Å². The molecule has 19 heavy (non-hydrogen) atoms. The molecule has 1 aliphatic rings. The Kier molecular flexibility index (Phi) is 4.99. The minimum atomic E-state index is 0.193. The van der Waals surface area contributed by atoms with Crippen LogP contribution in [0.3, 0.4) is 0 Å². The molecule has 1 aromatic rings. The van der Waals surface area contributed by atoms with Crippen molar-refractivity contribution in [3.8, 4) is 6.07 Å². The largest absolute Gasteiger partial charge is 0.306 e. The van der Waals surface area contributed by atoms with Crippen LogP contribution < -0.4 is 5.32 Å². The monoisotopic (exact) mass is 256 g/mol. The van der Waals surface area contributed by atoms with Crippen LogP contribution in [0.15, 0.2) is 30.3 Å². The van der Waals surface area contributed by atoms with Crippen LogP contribution in [0.25, 0.3) is 0 Å². The molecule has 1 aliphatic carbocycles. The van der Waals surface area contributed by atoms with Crippen molar-refractivity contribution in [3.05, 3.63) is 35.9 Å². The maximum Gasteiger partial charge on any atom is 0.0672 e. The number of nitrogens with one attached hydrogen (secondary N) is 1. The van der Waals surface area contributed by atoms with Crippen LogP contribution in [-0.4, -0.2) is 6.04 Å². The maximum absolute atomic E-state index is 9.21. The van der Waals surface area contributed by atoms with Gasteiger partial charge in [0.2, 0.25) is 0 Å². The highest BCUT2D eigenvalue weighted by Gasteiger charge is 2.29. The third-order valence-electron chi connectivity index (χ3n) is 4.01. The number of hydrogen-bond acceptors (Lipinski definition) is 2. The smallest absolute Gasteiger partial charge is 0.0672 e. The van der Waals surface area contributed by atoms with Gasteiger partial charge in [0.15, 0.2) is 0 Å². The molecule has 3 unspecified atom stereocenters. The van der Waals surface area contributed by atoms with Crippen molar-refractivity contribution >= 4 is 0 Å². The summed E-state index contributed by atoms with van der Waals surface area (Å²) in [4.78, 5) is 0. The standard InChI is InChI=1S/C17H24N2/c1-13(2)11-17(14-7-4-3-5-8-14)19-16-10-6-9-15(16)12-18/h3-5,7-8,13,15-17,19H,6,9-11H2,1-2H3. The molecule has 1 fully saturated rings. The second kappa shape index (κ2) is 6.73. The first kappa shape index (κ1) is 14.1. The van der Waals surface area contributed by atoms with Crippen LogP contribution in [-0.2, 0) is 0 Å². The lowest BCUT2D eigenvalue weighted by Gasteiger charge is -2.26. The first-order valence-electron chi connectivity index (χ1n) is 7.41. The highest BCUT2D eigenvalue weighted by molar-refractivity contribution is 5.19. The van der Waals surface area contributed by atoms with E-state index in [0.717, 1.165) is 19.3 Å². The molecular weight excluding hydrogens is 232 g/mol. The van der Waals surface area contributed by atoms with Gasteiger partial charge >= 0.3 is 0 Å². The summed E-state index contributed by atoms with van der Waals surface area (Å²) < 4.78 is 0. The van der Waals surface area contributed by atoms with E-state index < -0.39 is 0 Å². The van der Waals surface area contributed by atoms with Crippen molar-refractivity contribution in [2.75, 3.05) is 0 Å². The first-order chi connectivity index (χ1) is 9.20. The molecule has 102 valence electrons. The molecule has 0 aromatic heterocycles. The van der Waals surface area contributed by atoms with Crippen molar-refractivity contribution in [3.63, 3.8) is 0 Å². The van der Waals surface area contributed by atoms with E-state index >= 15 is 0 Å². The molecule has 3 atom stereocenters. The molecule has 0 radical (unpaired) electrons. The summed E-state index contributed by atoms with van der Waals surface area (Å²) in [5.41, 5.74) is 1.35. The zero-order valence-corrected chi connectivity index (χ0v) is 12.0. The Bertz CT molecular complexity index is 419. The molecule has 0 bridgehead atoms. The van der Waals surface area contributed by atoms with Gasteiger partial charge in [0.25, 0.3) is 0 Å². The van der Waals surface area contributed by atoms with E-state index in [-0.39, 0.29) is 5.92 Å². The first-order valence-corrected chi connectivity index (χ1v) is 7.41. The van der Waals surface area contributed by atoms with Crippen LogP contribution in [0.2, 0.25) is 0 Å². The molecule has 0 saturated heterocycles. The normalized spacial score (nSPS) is 24.3. The van der Waals surface area contributed by atoms with Crippen LogP contribution in [0.5, 0.6) is 0 Å². The summed E-state index contributed by atoms with van der Waals surface area (Å²) in [6.07, 6.45) is 4.49. The van der Waals surface area contributed by atoms with Gasteiger partial charge in [-0.3, -0.25) is 0 Å². The van der Waals surface area contributed by atoms with Gasteiger partial charge in [-0.2, -0.15) is 5.26 Å². The zero-order chi connectivity index (χ0) is 13.7. The van der Waals surface area contributed by atoms with Crippen LogP contribution >= 0.6 is 0 Å². The number of hydrogen-bond donors (Lipinski definition) is 1. The Hall–Kier alpha value is -1.33. The SMILES string of the molecule is CC(C)CC(NC1CCCC1C#N)c1ccccc1. The molecule has 0 heterocycles. The van der Waals surface area contributed by atoms with Gasteiger partial charge < -0.3 is 5.32 Å².